The molecule has 1 atom stereocenters. The Hall–Kier alpha value is -0.950. The maximum absolute atomic E-state index is 11.3. The number of rotatable bonds is 5. The van der Waals surface area contributed by atoms with Gasteiger partial charge in [0.15, 0.2) is 0 Å². The zero-order valence-electron chi connectivity index (χ0n) is 9.94. The summed E-state index contributed by atoms with van der Waals surface area (Å²) < 4.78 is 0. The SMILES string of the molecule is C[C@@H](NC(=O)NCCN1CCSCC1)C(=O)O. The molecule has 1 saturated heterocycles. The lowest BCUT2D eigenvalue weighted by molar-refractivity contribution is -0.138. The van der Waals surface area contributed by atoms with Crippen LogP contribution in [0.5, 0.6) is 0 Å². The topological polar surface area (TPSA) is 81.7 Å². The summed E-state index contributed by atoms with van der Waals surface area (Å²) in [4.78, 5) is 24.1. The molecule has 0 unspecified atom stereocenters. The molecule has 6 nitrogen and oxygen atoms in total. The highest BCUT2D eigenvalue weighted by Gasteiger charge is 2.14. The summed E-state index contributed by atoms with van der Waals surface area (Å²) in [6.45, 7) is 4.90. The number of hydrogen-bond donors (Lipinski definition) is 3. The average Bonchev–Trinajstić information content (AvgIpc) is 2.30. The number of thioether (sulfide) groups is 1. The maximum atomic E-state index is 11.3. The highest BCUT2D eigenvalue weighted by atomic mass is 32.2. The van der Waals surface area contributed by atoms with Gasteiger partial charge < -0.3 is 15.7 Å². The molecule has 0 aromatic rings. The molecule has 2 amide bonds. The Kier molecular flexibility index (Phi) is 6.13. The van der Waals surface area contributed by atoms with Crippen molar-refractivity contribution in [1.29, 1.82) is 0 Å². The summed E-state index contributed by atoms with van der Waals surface area (Å²) in [5.41, 5.74) is 0. The molecule has 1 heterocycles. The molecule has 1 rings (SSSR count). The zero-order chi connectivity index (χ0) is 12.7. The van der Waals surface area contributed by atoms with Gasteiger partial charge in [0.25, 0.3) is 0 Å². The number of carboxylic acids is 1. The first-order valence-electron chi connectivity index (χ1n) is 5.67. The second kappa shape index (κ2) is 7.39. The molecule has 0 aliphatic carbocycles. The van der Waals surface area contributed by atoms with Crippen LogP contribution in [-0.4, -0.2) is 65.7 Å². The lowest BCUT2D eigenvalue weighted by Crippen LogP contribution is -2.47. The minimum absolute atomic E-state index is 0.425. The zero-order valence-corrected chi connectivity index (χ0v) is 10.8. The van der Waals surface area contributed by atoms with Gasteiger partial charge in [-0.25, -0.2) is 4.79 Å². The Morgan fingerprint density at radius 1 is 1.41 bits per heavy atom. The standard InChI is InChI=1S/C10H19N3O3S/c1-8(9(14)15)12-10(16)11-2-3-13-4-6-17-7-5-13/h8H,2-7H2,1H3,(H,14,15)(H2,11,12,16)/t8-/m1/s1. The Morgan fingerprint density at radius 3 is 2.65 bits per heavy atom. The third-order valence-corrected chi connectivity index (χ3v) is 3.48. The molecule has 17 heavy (non-hydrogen) atoms. The highest BCUT2D eigenvalue weighted by Crippen LogP contribution is 2.07. The van der Waals surface area contributed by atoms with Crippen LogP contribution in [0.15, 0.2) is 0 Å². The van der Waals surface area contributed by atoms with Crippen molar-refractivity contribution in [2.75, 3.05) is 37.7 Å². The lowest BCUT2D eigenvalue weighted by Gasteiger charge is -2.26. The van der Waals surface area contributed by atoms with E-state index in [1.807, 2.05) is 11.8 Å². The normalized spacial score (nSPS) is 18.4. The Morgan fingerprint density at radius 2 is 2.06 bits per heavy atom. The van der Waals surface area contributed by atoms with Crippen LogP contribution >= 0.6 is 11.8 Å². The molecule has 98 valence electrons. The number of nitrogens with one attached hydrogen (secondary N) is 2. The first-order valence-corrected chi connectivity index (χ1v) is 6.82. The van der Waals surface area contributed by atoms with Crippen molar-refractivity contribution < 1.29 is 14.7 Å². The second-order valence-electron chi connectivity index (χ2n) is 3.91. The maximum Gasteiger partial charge on any atom is 0.325 e. The van der Waals surface area contributed by atoms with Gasteiger partial charge in [-0.1, -0.05) is 0 Å². The molecular weight excluding hydrogens is 242 g/mol. The first kappa shape index (κ1) is 14.1. The lowest BCUT2D eigenvalue weighted by atomic mass is 10.3. The van der Waals surface area contributed by atoms with E-state index < -0.39 is 18.0 Å². The van der Waals surface area contributed by atoms with Gasteiger partial charge >= 0.3 is 12.0 Å². The van der Waals surface area contributed by atoms with Gasteiger partial charge in [-0.15, -0.1) is 0 Å². The van der Waals surface area contributed by atoms with Crippen molar-refractivity contribution in [3.63, 3.8) is 0 Å². The number of amides is 2. The van der Waals surface area contributed by atoms with E-state index >= 15 is 0 Å². The van der Waals surface area contributed by atoms with Crippen LogP contribution in [0.1, 0.15) is 6.92 Å². The quantitative estimate of drug-likeness (QED) is 0.639. The molecule has 1 aliphatic rings. The summed E-state index contributed by atoms with van der Waals surface area (Å²) in [6, 6.07) is -1.28. The van der Waals surface area contributed by atoms with Gasteiger partial charge in [0, 0.05) is 37.7 Å². The van der Waals surface area contributed by atoms with Crippen molar-refractivity contribution in [3.05, 3.63) is 0 Å². The van der Waals surface area contributed by atoms with Crippen LogP contribution in [0.3, 0.4) is 0 Å². The Labute approximate surface area is 105 Å². The number of carboxylic acid groups (broad SMARTS) is 1. The van der Waals surface area contributed by atoms with E-state index in [1.165, 1.54) is 6.92 Å². The molecule has 0 spiro atoms. The predicted molar refractivity (Wildman–Crippen MR) is 67.4 cm³/mol. The van der Waals surface area contributed by atoms with Crippen LogP contribution in [0.25, 0.3) is 0 Å². The fraction of sp³-hybridized carbons (Fsp3) is 0.800. The molecule has 0 bridgehead atoms. The molecular formula is C10H19N3O3S. The fourth-order valence-corrected chi connectivity index (χ4v) is 2.44. The number of carbonyl (C=O) groups excluding carboxylic acids is 1. The van der Waals surface area contributed by atoms with Crippen LogP contribution in [-0.2, 0) is 4.79 Å². The molecule has 0 aromatic heterocycles. The van der Waals surface area contributed by atoms with E-state index in [1.54, 1.807) is 0 Å². The first-order chi connectivity index (χ1) is 8.09. The Balaban J connectivity index is 2.09. The summed E-state index contributed by atoms with van der Waals surface area (Å²) >= 11 is 1.94. The van der Waals surface area contributed by atoms with Crippen LogP contribution < -0.4 is 10.6 Å². The summed E-state index contributed by atoms with van der Waals surface area (Å²) in [5.74, 6) is 1.25. The van der Waals surface area contributed by atoms with Crippen molar-refractivity contribution in [2.24, 2.45) is 0 Å². The van der Waals surface area contributed by atoms with Crippen molar-refractivity contribution in [2.45, 2.75) is 13.0 Å². The predicted octanol–water partition coefficient (Wildman–Crippen LogP) is -0.192. The average molecular weight is 261 g/mol. The summed E-state index contributed by atoms with van der Waals surface area (Å²) in [7, 11) is 0. The highest BCUT2D eigenvalue weighted by molar-refractivity contribution is 7.99. The minimum atomic E-state index is -1.03. The third-order valence-electron chi connectivity index (χ3n) is 2.54. The third kappa shape index (κ3) is 5.78. The largest absolute Gasteiger partial charge is 0.480 e. The van der Waals surface area contributed by atoms with E-state index in [9.17, 15) is 9.59 Å². The van der Waals surface area contributed by atoms with Gasteiger partial charge in [-0.3, -0.25) is 9.69 Å². The Bertz CT molecular complexity index is 270. The molecule has 1 aliphatic heterocycles. The molecule has 0 aromatic carbocycles. The van der Waals surface area contributed by atoms with Crippen molar-refractivity contribution in [1.82, 2.24) is 15.5 Å². The monoisotopic (exact) mass is 261 g/mol. The molecule has 7 heteroatoms. The number of carbonyl (C=O) groups is 2. The van der Waals surface area contributed by atoms with Gasteiger partial charge in [0.2, 0.25) is 0 Å². The van der Waals surface area contributed by atoms with Crippen LogP contribution in [0, 0.1) is 0 Å². The molecule has 0 radical (unpaired) electrons. The van der Waals surface area contributed by atoms with Gasteiger partial charge in [0.05, 0.1) is 0 Å². The number of hydrogen-bond acceptors (Lipinski definition) is 4. The van der Waals surface area contributed by atoms with E-state index in [0.717, 1.165) is 31.1 Å². The van der Waals surface area contributed by atoms with Crippen molar-refractivity contribution >= 4 is 23.8 Å². The van der Waals surface area contributed by atoms with Crippen molar-refractivity contribution in [3.8, 4) is 0 Å². The van der Waals surface area contributed by atoms with E-state index in [0.29, 0.717) is 6.54 Å². The minimum Gasteiger partial charge on any atom is -0.480 e. The number of nitrogens with zero attached hydrogens (tertiary/aromatic N) is 1. The molecule has 0 saturated carbocycles. The second-order valence-corrected chi connectivity index (χ2v) is 5.14. The van der Waals surface area contributed by atoms with Crippen LogP contribution in [0.4, 0.5) is 4.79 Å². The van der Waals surface area contributed by atoms with Gasteiger partial charge in [0.1, 0.15) is 6.04 Å². The fourth-order valence-electron chi connectivity index (χ4n) is 1.46. The summed E-state index contributed by atoms with van der Waals surface area (Å²) in [5, 5.41) is 13.6. The smallest absolute Gasteiger partial charge is 0.325 e. The van der Waals surface area contributed by atoms with Gasteiger partial charge in [-0.2, -0.15) is 11.8 Å². The molecule has 3 N–H and O–H groups in total. The van der Waals surface area contributed by atoms with E-state index in [-0.39, 0.29) is 0 Å². The number of urea groups is 1. The number of aliphatic carboxylic acids is 1. The summed E-state index contributed by atoms with van der Waals surface area (Å²) in [6.07, 6.45) is 0. The van der Waals surface area contributed by atoms with Crippen LogP contribution in [0.2, 0.25) is 0 Å². The van der Waals surface area contributed by atoms with Gasteiger partial charge in [-0.05, 0) is 6.92 Å². The molecule has 1 fully saturated rings. The van der Waals surface area contributed by atoms with E-state index in [2.05, 4.69) is 15.5 Å². The van der Waals surface area contributed by atoms with E-state index in [4.69, 9.17) is 5.11 Å².